The van der Waals surface area contributed by atoms with Crippen molar-refractivity contribution in [3.8, 4) is 0 Å². The maximum Gasteiger partial charge on any atom is 0.248 e. The number of hydrogen-bond acceptors (Lipinski definition) is 3. The van der Waals surface area contributed by atoms with E-state index in [2.05, 4.69) is 12.2 Å². The highest BCUT2D eigenvalue weighted by Crippen LogP contribution is 2.47. The first-order valence-electron chi connectivity index (χ1n) is 7.25. The van der Waals surface area contributed by atoms with Crippen molar-refractivity contribution >= 4 is 29.3 Å². The van der Waals surface area contributed by atoms with Crippen LogP contribution in [-0.4, -0.2) is 33.4 Å². The van der Waals surface area contributed by atoms with Crippen LogP contribution < -0.4 is 5.32 Å². The molecule has 2 atom stereocenters. The molecular formula is C16H20N2O2S. The lowest BCUT2D eigenvalue weighted by atomic mass is 10.1. The Hall–Kier alpha value is -1.49. The van der Waals surface area contributed by atoms with Crippen molar-refractivity contribution in [3.63, 3.8) is 0 Å². The molecule has 2 fully saturated rings. The number of aryl methyl sites for hydroxylation is 2. The Morgan fingerprint density at radius 1 is 1.38 bits per heavy atom. The van der Waals surface area contributed by atoms with Gasteiger partial charge in [-0.05, 0) is 50.5 Å². The number of hydrogen-bond donors (Lipinski definition) is 1. The predicted octanol–water partition coefficient (Wildman–Crippen LogP) is 2.70. The van der Waals surface area contributed by atoms with E-state index in [4.69, 9.17) is 0 Å². The molecule has 21 heavy (non-hydrogen) atoms. The van der Waals surface area contributed by atoms with Gasteiger partial charge in [0.1, 0.15) is 6.04 Å². The van der Waals surface area contributed by atoms with Crippen LogP contribution in [0.1, 0.15) is 30.9 Å². The number of nitrogens with zero attached hydrogens (tertiary/aromatic N) is 1. The summed E-state index contributed by atoms with van der Waals surface area (Å²) >= 11 is 1.72. The van der Waals surface area contributed by atoms with Gasteiger partial charge in [0.2, 0.25) is 11.8 Å². The van der Waals surface area contributed by atoms with Crippen LogP contribution >= 0.6 is 11.8 Å². The minimum absolute atomic E-state index is 0.0790. The summed E-state index contributed by atoms with van der Waals surface area (Å²) in [6, 6.07) is 5.53. The smallest absolute Gasteiger partial charge is 0.248 e. The largest absolute Gasteiger partial charge is 0.324 e. The topological polar surface area (TPSA) is 49.4 Å². The van der Waals surface area contributed by atoms with Crippen molar-refractivity contribution in [2.45, 2.75) is 44.5 Å². The standard InChI is InChI=1S/C16H20N2O2S/c1-10-4-5-12(8-11(10)2)17-15(20)13-9-21-16(3)7-6-14(19)18(13)16/h4-5,8,13H,6-7,9H2,1-3H3,(H,17,20)/t13-,16-/m0/s1. The van der Waals surface area contributed by atoms with Gasteiger partial charge in [0.05, 0.1) is 4.87 Å². The van der Waals surface area contributed by atoms with Crippen LogP contribution in [0.5, 0.6) is 0 Å². The third-order valence-corrected chi connectivity index (χ3v) is 6.03. The highest BCUT2D eigenvalue weighted by molar-refractivity contribution is 8.01. The molecule has 1 aromatic rings. The summed E-state index contributed by atoms with van der Waals surface area (Å²) in [7, 11) is 0. The zero-order valence-electron chi connectivity index (χ0n) is 12.6. The van der Waals surface area contributed by atoms with Crippen molar-refractivity contribution in [2.24, 2.45) is 0 Å². The Labute approximate surface area is 129 Å². The lowest BCUT2D eigenvalue weighted by molar-refractivity contribution is -0.135. The molecule has 5 heteroatoms. The van der Waals surface area contributed by atoms with Crippen molar-refractivity contribution in [3.05, 3.63) is 29.3 Å². The van der Waals surface area contributed by atoms with Gasteiger partial charge in [0.15, 0.2) is 0 Å². The first-order valence-corrected chi connectivity index (χ1v) is 8.23. The van der Waals surface area contributed by atoms with Gasteiger partial charge in [0, 0.05) is 17.9 Å². The van der Waals surface area contributed by atoms with Gasteiger partial charge < -0.3 is 10.2 Å². The molecule has 2 amide bonds. The fourth-order valence-corrected chi connectivity index (χ4v) is 4.49. The Kier molecular flexibility index (Phi) is 3.48. The van der Waals surface area contributed by atoms with E-state index in [0.29, 0.717) is 12.2 Å². The van der Waals surface area contributed by atoms with Crippen molar-refractivity contribution in [1.82, 2.24) is 4.90 Å². The molecule has 2 heterocycles. The number of anilines is 1. The Bertz CT molecular complexity index is 616. The number of amides is 2. The summed E-state index contributed by atoms with van der Waals surface area (Å²) in [6.07, 6.45) is 1.39. The molecule has 1 N–H and O–H groups in total. The molecular weight excluding hydrogens is 284 g/mol. The molecule has 3 rings (SSSR count). The molecule has 0 unspecified atom stereocenters. The number of thioether (sulfide) groups is 1. The molecule has 4 nitrogen and oxygen atoms in total. The first-order chi connectivity index (χ1) is 9.90. The quantitative estimate of drug-likeness (QED) is 0.914. The maximum atomic E-state index is 12.5. The summed E-state index contributed by atoms with van der Waals surface area (Å²) < 4.78 is 0. The zero-order valence-corrected chi connectivity index (χ0v) is 13.4. The van der Waals surface area contributed by atoms with Crippen LogP contribution in [0.2, 0.25) is 0 Å². The van der Waals surface area contributed by atoms with Gasteiger partial charge in [-0.3, -0.25) is 9.59 Å². The van der Waals surface area contributed by atoms with Crippen molar-refractivity contribution < 1.29 is 9.59 Å². The minimum Gasteiger partial charge on any atom is -0.324 e. The van der Waals surface area contributed by atoms with Gasteiger partial charge in [-0.25, -0.2) is 0 Å². The van der Waals surface area contributed by atoms with Gasteiger partial charge in [-0.1, -0.05) is 6.07 Å². The van der Waals surface area contributed by atoms with E-state index in [0.717, 1.165) is 17.7 Å². The SMILES string of the molecule is Cc1ccc(NC(=O)[C@@H]2CS[C@@]3(C)CCC(=O)N23)cc1C. The fourth-order valence-electron chi connectivity index (χ4n) is 3.06. The molecule has 1 aromatic carbocycles. The second-order valence-corrected chi connectivity index (χ2v) is 7.56. The third kappa shape index (κ3) is 2.44. The Morgan fingerprint density at radius 3 is 2.86 bits per heavy atom. The van der Waals surface area contributed by atoms with E-state index in [1.807, 2.05) is 32.0 Å². The highest BCUT2D eigenvalue weighted by Gasteiger charge is 2.52. The molecule has 0 aliphatic carbocycles. The molecule has 2 saturated heterocycles. The van der Waals surface area contributed by atoms with E-state index in [9.17, 15) is 9.59 Å². The average molecular weight is 304 g/mol. The van der Waals surface area contributed by atoms with Crippen LogP contribution in [0.4, 0.5) is 5.69 Å². The zero-order chi connectivity index (χ0) is 15.2. The van der Waals surface area contributed by atoms with Crippen LogP contribution in [0, 0.1) is 13.8 Å². The minimum atomic E-state index is -0.350. The molecule has 0 radical (unpaired) electrons. The highest BCUT2D eigenvalue weighted by atomic mass is 32.2. The third-order valence-electron chi connectivity index (χ3n) is 4.52. The number of fused-ring (bicyclic) bond motifs is 1. The van der Waals surface area contributed by atoms with E-state index in [-0.39, 0.29) is 22.7 Å². The van der Waals surface area contributed by atoms with Gasteiger partial charge in [0.25, 0.3) is 0 Å². The van der Waals surface area contributed by atoms with Gasteiger partial charge in [-0.15, -0.1) is 11.8 Å². The number of nitrogens with one attached hydrogen (secondary N) is 1. The number of carbonyl (C=O) groups excluding carboxylic acids is 2. The van der Waals surface area contributed by atoms with E-state index in [1.54, 1.807) is 16.7 Å². The van der Waals surface area contributed by atoms with E-state index < -0.39 is 0 Å². The number of carbonyl (C=O) groups is 2. The molecule has 112 valence electrons. The predicted molar refractivity (Wildman–Crippen MR) is 85.3 cm³/mol. The number of rotatable bonds is 2. The number of benzene rings is 1. The van der Waals surface area contributed by atoms with Gasteiger partial charge in [-0.2, -0.15) is 0 Å². The summed E-state index contributed by atoms with van der Waals surface area (Å²) in [5, 5.41) is 2.96. The van der Waals surface area contributed by atoms with Crippen LogP contribution in [0.3, 0.4) is 0 Å². The first kappa shape index (κ1) is 14.4. The van der Waals surface area contributed by atoms with Crippen LogP contribution in [-0.2, 0) is 9.59 Å². The van der Waals surface area contributed by atoms with Crippen LogP contribution in [0.25, 0.3) is 0 Å². The molecule has 2 aliphatic rings. The Morgan fingerprint density at radius 2 is 2.14 bits per heavy atom. The van der Waals surface area contributed by atoms with Crippen LogP contribution in [0.15, 0.2) is 18.2 Å². The summed E-state index contributed by atoms with van der Waals surface area (Å²) in [5.74, 6) is 0.700. The second kappa shape index (κ2) is 5.05. The lowest BCUT2D eigenvalue weighted by Gasteiger charge is -2.29. The summed E-state index contributed by atoms with van der Waals surface area (Å²) in [5.41, 5.74) is 3.15. The maximum absolute atomic E-state index is 12.5. The lowest BCUT2D eigenvalue weighted by Crippen LogP contribution is -2.48. The monoisotopic (exact) mass is 304 g/mol. The normalized spacial score (nSPS) is 27.9. The molecule has 0 saturated carbocycles. The fraction of sp³-hybridized carbons (Fsp3) is 0.500. The summed E-state index contributed by atoms with van der Waals surface area (Å²) in [6.45, 7) is 6.13. The molecule has 0 spiro atoms. The van der Waals surface area contributed by atoms with Crippen molar-refractivity contribution in [1.29, 1.82) is 0 Å². The molecule has 2 aliphatic heterocycles. The van der Waals surface area contributed by atoms with Gasteiger partial charge >= 0.3 is 0 Å². The van der Waals surface area contributed by atoms with E-state index in [1.165, 1.54) is 5.56 Å². The molecule has 0 bridgehead atoms. The summed E-state index contributed by atoms with van der Waals surface area (Å²) in [4.78, 5) is 26.2. The van der Waals surface area contributed by atoms with E-state index >= 15 is 0 Å². The van der Waals surface area contributed by atoms with Crippen molar-refractivity contribution in [2.75, 3.05) is 11.1 Å². The second-order valence-electron chi connectivity index (χ2n) is 6.05. The average Bonchev–Trinajstić information content (AvgIpc) is 2.91. The molecule has 0 aromatic heterocycles. The Balaban J connectivity index is 1.77.